The van der Waals surface area contributed by atoms with E-state index in [0.717, 1.165) is 11.8 Å². The van der Waals surface area contributed by atoms with E-state index < -0.39 is 5.76 Å². The number of hydrogen-bond donors (Lipinski definition) is 1. The highest BCUT2D eigenvalue weighted by atomic mass is 16.4. The lowest BCUT2D eigenvalue weighted by Gasteiger charge is -2.18. The molecule has 0 amide bonds. The molecule has 0 saturated carbocycles. The maximum absolute atomic E-state index is 11.0. The molecule has 0 aliphatic rings. The van der Waals surface area contributed by atoms with Crippen molar-refractivity contribution in [2.45, 2.75) is 6.04 Å². The number of likely N-dealkylation sites (N-methyl/N-ethyl adjacent to an activating group) is 1. The molecule has 2 aromatic rings. The van der Waals surface area contributed by atoms with Gasteiger partial charge < -0.3 is 9.21 Å². The van der Waals surface area contributed by atoms with Gasteiger partial charge in [0.15, 0.2) is 5.58 Å². The van der Waals surface area contributed by atoms with Crippen molar-refractivity contribution >= 4 is 17.4 Å². The van der Waals surface area contributed by atoms with Crippen LogP contribution in [0.25, 0.3) is 11.1 Å². The second-order valence-electron chi connectivity index (χ2n) is 3.81. The second kappa shape index (κ2) is 3.94. The molecule has 1 heterocycles. The molecule has 0 aliphatic heterocycles. The van der Waals surface area contributed by atoms with Crippen molar-refractivity contribution in [3.8, 4) is 0 Å². The van der Waals surface area contributed by atoms with E-state index >= 15 is 0 Å². The summed E-state index contributed by atoms with van der Waals surface area (Å²) in [4.78, 5) is 26.3. The number of H-pyrrole nitrogens is 1. The minimum Gasteiger partial charge on any atom is -0.408 e. The van der Waals surface area contributed by atoms with E-state index in [1.807, 2.05) is 14.1 Å². The third-order valence-electron chi connectivity index (χ3n) is 2.47. The van der Waals surface area contributed by atoms with Crippen molar-refractivity contribution in [2.75, 3.05) is 14.1 Å². The third kappa shape index (κ3) is 1.77. The quantitative estimate of drug-likeness (QED) is 0.781. The number of benzene rings is 1. The Morgan fingerprint density at radius 3 is 2.81 bits per heavy atom. The van der Waals surface area contributed by atoms with E-state index in [1.54, 1.807) is 23.1 Å². The smallest absolute Gasteiger partial charge is 0.408 e. The molecule has 0 saturated heterocycles. The van der Waals surface area contributed by atoms with Gasteiger partial charge >= 0.3 is 5.76 Å². The van der Waals surface area contributed by atoms with Crippen LogP contribution in [-0.4, -0.2) is 30.3 Å². The average Bonchev–Trinajstić information content (AvgIpc) is 2.57. The summed E-state index contributed by atoms with van der Waals surface area (Å²) in [5, 5.41) is 0. The fourth-order valence-corrected chi connectivity index (χ4v) is 1.65. The normalized spacial score (nSPS) is 13.2. The van der Waals surface area contributed by atoms with Crippen molar-refractivity contribution < 1.29 is 9.21 Å². The van der Waals surface area contributed by atoms with Crippen LogP contribution in [0.1, 0.15) is 11.6 Å². The first-order chi connectivity index (χ1) is 7.61. The number of rotatable bonds is 3. The van der Waals surface area contributed by atoms with E-state index in [4.69, 9.17) is 4.42 Å². The highest BCUT2D eigenvalue weighted by molar-refractivity contribution is 5.75. The first-order valence-electron chi connectivity index (χ1n) is 4.86. The van der Waals surface area contributed by atoms with Crippen molar-refractivity contribution in [2.24, 2.45) is 0 Å². The van der Waals surface area contributed by atoms with Crippen LogP contribution in [0.15, 0.2) is 27.4 Å². The number of carbonyl (C=O) groups is 1. The van der Waals surface area contributed by atoms with Gasteiger partial charge in [-0.15, -0.1) is 0 Å². The molecule has 1 aromatic heterocycles. The molecule has 0 radical (unpaired) electrons. The molecule has 16 heavy (non-hydrogen) atoms. The zero-order chi connectivity index (χ0) is 11.7. The molecule has 5 heteroatoms. The minimum atomic E-state index is -0.486. The van der Waals surface area contributed by atoms with E-state index in [2.05, 4.69) is 4.98 Å². The highest BCUT2D eigenvalue weighted by Gasteiger charge is 2.14. The van der Waals surface area contributed by atoms with Gasteiger partial charge in [-0.25, -0.2) is 4.79 Å². The zero-order valence-corrected chi connectivity index (χ0v) is 9.06. The predicted molar refractivity (Wildman–Crippen MR) is 59.3 cm³/mol. The van der Waals surface area contributed by atoms with E-state index in [9.17, 15) is 9.59 Å². The summed E-state index contributed by atoms with van der Waals surface area (Å²) < 4.78 is 4.88. The summed E-state index contributed by atoms with van der Waals surface area (Å²) in [5.41, 5.74) is 1.93. The topological polar surface area (TPSA) is 66.3 Å². The molecule has 0 bridgehead atoms. The number of aromatic amines is 1. The molecule has 84 valence electrons. The van der Waals surface area contributed by atoms with Crippen molar-refractivity contribution in [3.05, 3.63) is 34.3 Å². The van der Waals surface area contributed by atoms with Crippen molar-refractivity contribution in [3.63, 3.8) is 0 Å². The van der Waals surface area contributed by atoms with Gasteiger partial charge in [0, 0.05) is 0 Å². The fraction of sp³-hybridized carbons (Fsp3) is 0.273. The SMILES string of the molecule is CN(C)C(C=O)c1ccc2oc(=O)[nH]c2c1. The Bertz CT molecular complexity index is 568. The number of aromatic nitrogens is 1. The Morgan fingerprint density at radius 1 is 1.44 bits per heavy atom. The van der Waals surface area contributed by atoms with Gasteiger partial charge in [0.1, 0.15) is 6.29 Å². The largest absolute Gasteiger partial charge is 0.417 e. The first-order valence-corrected chi connectivity index (χ1v) is 4.86. The summed E-state index contributed by atoms with van der Waals surface area (Å²) in [7, 11) is 3.64. The highest BCUT2D eigenvalue weighted by Crippen LogP contribution is 2.20. The average molecular weight is 220 g/mol. The number of nitrogens with zero attached hydrogens (tertiary/aromatic N) is 1. The molecule has 1 aromatic carbocycles. The summed E-state index contributed by atoms with van der Waals surface area (Å²) in [5.74, 6) is -0.486. The molecule has 1 unspecified atom stereocenters. The molecular weight excluding hydrogens is 208 g/mol. The summed E-state index contributed by atoms with van der Waals surface area (Å²) >= 11 is 0. The maximum Gasteiger partial charge on any atom is 0.417 e. The molecular formula is C11H12N2O3. The molecule has 0 aliphatic carbocycles. The maximum atomic E-state index is 11.0. The Morgan fingerprint density at radius 2 is 2.19 bits per heavy atom. The Labute approximate surface area is 91.7 Å². The summed E-state index contributed by atoms with van der Waals surface area (Å²) in [6, 6.07) is 4.89. The number of carbonyl (C=O) groups excluding carboxylic acids is 1. The Hall–Kier alpha value is -1.88. The molecule has 1 atom stereocenters. The van der Waals surface area contributed by atoms with Gasteiger partial charge in [-0.1, -0.05) is 6.07 Å². The van der Waals surface area contributed by atoms with E-state index in [1.165, 1.54) is 0 Å². The zero-order valence-electron chi connectivity index (χ0n) is 9.06. The third-order valence-corrected chi connectivity index (χ3v) is 2.47. The number of nitrogens with one attached hydrogen (secondary N) is 1. The first kappa shape index (κ1) is 10.6. The molecule has 0 spiro atoms. The molecule has 1 N–H and O–H groups in total. The van der Waals surface area contributed by atoms with Crippen molar-refractivity contribution in [1.29, 1.82) is 0 Å². The van der Waals surface area contributed by atoms with E-state index in [-0.39, 0.29) is 6.04 Å². The van der Waals surface area contributed by atoms with Gasteiger partial charge in [0.2, 0.25) is 0 Å². The van der Waals surface area contributed by atoms with Gasteiger partial charge in [0.05, 0.1) is 11.6 Å². The lowest BCUT2D eigenvalue weighted by molar-refractivity contribution is -0.111. The Kier molecular flexibility index (Phi) is 2.62. The van der Waals surface area contributed by atoms with Crippen molar-refractivity contribution in [1.82, 2.24) is 9.88 Å². The van der Waals surface area contributed by atoms with Crippen LogP contribution in [0, 0.1) is 0 Å². The number of oxazole rings is 1. The number of aldehydes is 1. The van der Waals surface area contributed by atoms with Crippen LogP contribution >= 0.6 is 0 Å². The van der Waals surface area contributed by atoms with Crippen LogP contribution in [0.2, 0.25) is 0 Å². The van der Waals surface area contributed by atoms with Crippen LogP contribution in [0.5, 0.6) is 0 Å². The van der Waals surface area contributed by atoms with Gasteiger partial charge in [-0.2, -0.15) is 0 Å². The molecule has 2 rings (SSSR count). The Balaban J connectivity index is 2.52. The number of hydrogen-bond acceptors (Lipinski definition) is 4. The van der Waals surface area contributed by atoms with E-state index in [0.29, 0.717) is 11.1 Å². The standard InChI is InChI=1S/C11H12N2O3/c1-13(2)9(6-14)7-3-4-10-8(5-7)12-11(15)16-10/h3-6,9H,1-2H3,(H,12,15). The van der Waals surface area contributed by atoms with Gasteiger partial charge in [0.25, 0.3) is 0 Å². The summed E-state index contributed by atoms with van der Waals surface area (Å²) in [6.07, 6.45) is 0.860. The van der Waals surface area contributed by atoms with Crippen LogP contribution in [0.3, 0.4) is 0 Å². The molecule has 5 nitrogen and oxygen atoms in total. The van der Waals surface area contributed by atoms with Gasteiger partial charge in [-0.05, 0) is 31.8 Å². The predicted octanol–water partition coefficient (Wildman–Crippen LogP) is 0.923. The lowest BCUT2D eigenvalue weighted by Crippen LogP contribution is -2.20. The fourth-order valence-electron chi connectivity index (χ4n) is 1.65. The van der Waals surface area contributed by atoms with Gasteiger partial charge in [-0.3, -0.25) is 9.88 Å². The molecule has 0 fully saturated rings. The second-order valence-corrected chi connectivity index (χ2v) is 3.81. The summed E-state index contributed by atoms with van der Waals surface area (Å²) in [6.45, 7) is 0. The van der Waals surface area contributed by atoms with Crippen LogP contribution in [0.4, 0.5) is 0 Å². The number of fused-ring (bicyclic) bond motifs is 1. The van der Waals surface area contributed by atoms with Crippen LogP contribution < -0.4 is 5.76 Å². The monoisotopic (exact) mass is 220 g/mol. The lowest BCUT2D eigenvalue weighted by atomic mass is 10.1. The van der Waals surface area contributed by atoms with Crippen LogP contribution in [-0.2, 0) is 4.79 Å². The minimum absolute atomic E-state index is 0.317.